The monoisotopic (exact) mass is 169 g/mol. The van der Waals surface area contributed by atoms with Gasteiger partial charge in [0.25, 0.3) is 0 Å². The van der Waals surface area contributed by atoms with Gasteiger partial charge in [-0.3, -0.25) is 0 Å². The maximum absolute atomic E-state index is 3.69. The minimum Gasteiger partial charge on any atom is -0.311 e. The Morgan fingerprint density at radius 3 is 2.67 bits per heavy atom. The lowest BCUT2D eigenvalue weighted by atomic mass is 10.2. The third kappa shape index (κ3) is 3.14. The molecule has 1 N–H and O–H groups in total. The SMILES string of the molecule is CCCC(C)NC1CC1CCC. The Kier molecular flexibility index (Phi) is 4.07. The van der Waals surface area contributed by atoms with Crippen LogP contribution < -0.4 is 5.32 Å². The molecule has 0 heterocycles. The summed E-state index contributed by atoms with van der Waals surface area (Å²) in [5.41, 5.74) is 0. The first-order valence-electron chi connectivity index (χ1n) is 5.54. The van der Waals surface area contributed by atoms with E-state index >= 15 is 0 Å². The lowest BCUT2D eigenvalue weighted by Crippen LogP contribution is -2.28. The van der Waals surface area contributed by atoms with Crippen LogP contribution in [0.25, 0.3) is 0 Å². The van der Waals surface area contributed by atoms with Crippen molar-refractivity contribution in [2.24, 2.45) is 5.92 Å². The molecule has 1 nitrogen and oxygen atoms in total. The van der Waals surface area contributed by atoms with Gasteiger partial charge in [0.1, 0.15) is 0 Å². The zero-order valence-corrected chi connectivity index (χ0v) is 8.77. The molecule has 0 bridgehead atoms. The summed E-state index contributed by atoms with van der Waals surface area (Å²) >= 11 is 0. The summed E-state index contributed by atoms with van der Waals surface area (Å²) in [7, 11) is 0. The van der Waals surface area contributed by atoms with E-state index < -0.39 is 0 Å². The van der Waals surface area contributed by atoms with Gasteiger partial charge in [0, 0.05) is 12.1 Å². The highest BCUT2D eigenvalue weighted by Gasteiger charge is 2.36. The molecule has 1 aliphatic rings. The van der Waals surface area contributed by atoms with E-state index in [2.05, 4.69) is 26.1 Å². The molecule has 3 atom stereocenters. The van der Waals surface area contributed by atoms with Crippen molar-refractivity contribution in [3.63, 3.8) is 0 Å². The predicted octanol–water partition coefficient (Wildman–Crippen LogP) is 2.95. The van der Waals surface area contributed by atoms with Crippen LogP contribution in [0.3, 0.4) is 0 Å². The summed E-state index contributed by atoms with van der Waals surface area (Å²) in [4.78, 5) is 0. The Morgan fingerprint density at radius 2 is 2.08 bits per heavy atom. The first kappa shape index (κ1) is 10.0. The molecule has 1 rings (SSSR count). The van der Waals surface area contributed by atoms with Gasteiger partial charge in [-0.15, -0.1) is 0 Å². The fraction of sp³-hybridized carbons (Fsp3) is 1.00. The maximum atomic E-state index is 3.69. The first-order valence-corrected chi connectivity index (χ1v) is 5.54. The van der Waals surface area contributed by atoms with Crippen LogP contribution in [0.2, 0.25) is 0 Å². The van der Waals surface area contributed by atoms with Gasteiger partial charge >= 0.3 is 0 Å². The second-order valence-electron chi connectivity index (χ2n) is 4.25. The Balaban J connectivity index is 2.02. The van der Waals surface area contributed by atoms with Crippen molar-refractivity contribution in [2.75, 3.05) is 0 Å². The van der Waals surface area contributed by atoms with Crippen LogP contribution in [0.1, 0.15) is 52.9 Å². The fourth-order valence-electron chi connectivity index (χ4n) is 2.02. The molecule has 1 fully saturated rings. The van der Waals surface area contributed by atoms with Gasteiger partial charge in [-0.25, -0.2) is 0 Å². The molecule has 0 aromatic carbocycles. The second kappa shape index (κ2) is 4.86. The fourth-order valence-corrected chi connectivity index (χ4v) is 2.02. The number of hydrogen-bond donors (Lipinski definition) is 1. The van der Waals surface area contributed by atoms with Crippen LogP contribution in [0.5, 0.6) is 0 Å². The van der Waals surface area contributed by atoms with Crippen LogP contribution in [0, 0.1) is 5.92 Å². The van der Waals surface area contributed by atoms with E-state index in [-0.39, 0.29) is 0 Å². The third-order valence-corrected chi connectivity index (χ3v) is 2.80. The van der Waals surface area contributed by atoms with Gasteiger partial charge in [-0.1, -0.05) is 26.7 Å². The average molecular weight is 169 g/mol. The standard InChI is InChI=1S/C11H23N/c1-4-6-9(3)12-11-8-10(11)7-5-2/h9-12H,4-8H2,1-3H3. The van der Waals surface area contributed by atoms with Crippen molar-refractivity contribution >= 4 is 0 Å². The Morgan fingerprint density at radius 1 is 1.33 bits per heavy atom. The van der Waals surface area contributed by atoms with Gasteiger partial charge in [0.05, 0.1) is 0 Å². The first-order chi connectivity index (χ1) is 5.77. The molecule has 1 saturated carbocycles. The van der Waals surface area contributed by atoms with Gasteiger partial charge < -0.3 is 5.32 Å². The van der Waals surface area contributed by atoms with E-state index in [9.17, 15) is 0 Å². The highest BCUT2D eigenvalue weighted by Crippen LogP contribution is 2.34. The summed E-state index contributed by atoms with van der Waals surface area (Å²) in [5.74, 6) is 1.01. The summed E-state index contributed by atoms with van der Waals surface area (Å²) in [5, 5.41) is 3.69. The third-order valence-electron chi connectivity index (χ3n) is 2.80. The summed E-state index contributed by atoms with van der Waals surface area (Å²) in [6.45, 7) is 6.85. The van der Waals surface area contributed by atoms with Crippen molar-refractivity contribution in [3.05, 3.63) is 0 Å². The zero-order valence-electron chi connectivity index (χ0n) is 8.77. The molecule has 1 aliphatic carbocycles. The Bertz CT molecular complexity index is 122. The molecule has 0 spiro atoms. The Hall–Kier alpha value is -0.0400. The van der Waals surface area contributed by atoms with Crippen molar-refractivity contribution in [2.45, 2.75) is 65.0 Å². The highest BCUT2D eigenvalue weighted by molar-refractivity contribution is 4.93. The van der Waals surface area contributed by atoms with E-state index in [0.717, 1.165) is 18.0 Å². The van der Waals surface area contributed by atoms with Crippen molar-refractivity contribution in [1.29, 1.82) is 0 Å². The topological polar surface area (TPSA) is 12.0 Å². The number of nitrogens with one attached hydrogen (secondary N) is 1. The minimum atomic E-state index is 0.738. The molecule has 0 amide bonds. The molecule has 0 saturated heterocycles. The normalized spacial score (nSPS) is 30.2. The molecular formula is C11H23N. The number of hydrogen-bond acceptors (Lipinski definition) is 1. The smallest absolute Gasteiger partial charge is 0.0102 e. The highest BCUT2D eigenvalue weighted by atomic mass is 15.0. The van der Waals surface area contributed by atoms with E-state index in [1.807, 2.05) is 0 Å². The van der Waals surface area contributed by atoms with Crippen molar-refractivity contribution in [1.82, 2.24) is 5.32 Å². The molecule has 12 heavy (non-hydrogen) atoms. The predicted molar refractivity (Wildman–Crippen MR) is 54.3 cm³/mol. The molecule has 0 radical (unpaired) electrons. The zero-order chi connectivity index (χ0) is 8.97. The van der Waals surface area contributed by atoms with Crippen LogP contribution in [0.15, 0.2) is 0 Å². The molecule has 1 heteroatoms. The molecule has 0 aromatic rings. The minimum absolute atomic E-state index is 0.738. The lowest BCUT2D eigenvalue weighted by Gasteiger charge is -2.11. The maximum Gasteiger partial charge on any atom is 0.0102 e. The molecule has 0 aliphatic heterocycles. The summed E-state index contributed by atoms with van der Waals surface area (Å²) in [6, 6.07) is 1.60. The van der Waals surface area contributed by atoms with Gasteiger partial charge in [-0.2, -0.15) is 0 Å². The van der Waals surface area contributed by atoms with Gasteiger partial charge in [0.2, 0.25) is 0 Å². The summed E-state index contributed by atoms with van der Waals surface area (Å²) in [6.07, 6.45) is 6.85. The van der Waals surface area contributed by atoms with Gasteiger partial charge in [-0.05, 0) is 32.1 Å². The molecule has 72 valence electrons. The quantitative estimate of drug-likeness (QED) is 0.644. The van der Waals surface area contributed by atoms with Crippen LogP contribution in [-0.2, 0) is 0 Å². The largest absolute Gasteiger partial charge is 0.311 e. The molecular weight excluding hydrogens is 146 g/mol. The van der Waals surface area contributed by atoms with Crippen molar-refractivity contribution < 1.29 is 0 Å². The van der Waals surface area contributed by atoms with E-state index in [0.29, 0.717) is 0 Å². The lowest BCUT2D eigenvalue weighted by molar-refractivity contribution is 0.483. The van der Waals surface area contributed by atoms with Crippen molar-refractivity contribution in [3.8, 4) is 0 Å². The van der Waals surface area contributed by atoms with Gasteiger partial charge in [0.15, 0.2) is 0 Å². The van der Waals surface area contributed by atoms with Crippen LogP contribution in [0.4, 0.5) is 0 Å². The van der Waals surface area contributed by atoms with Crippen LogP contribution >= 0.6 is 0 Å². The molecule has 3 unspecified atom stereocenters. The summed E-state index contributed by atoms with van der Waals surface area (Å²) < 4.78 is 0. The average Bonchev–Trinajstić information content (AvgIpc) is 2.69. The van der Waals surface area contributed by atoms with Crippen LogP contribution in [-0.4, -0.2) is 12.1 Å². The van der Waals surface area contributed by atoms with E-state index in [4.69, 9.17) is 0 Å². The van der Waals surface area contributed by atoms with E-state index in [1.165, 1.54) is 32.1 Å². The second-order valence-corrected chi connectivity index (χ2v) is 4.25. The number of rotatable bonds is 6. The molecule has 0 aromatic heterocycles. The van der Waals surface area contributed by atoms with E-state index in [1.54, 1.807) is 0 Å². The Labute approximate surface area is 76.9 Å².